The Bertz CT molecular complexity index is 620. The first-order chi connectivity index (χ1) is 10.7. The van der Waals surface area contributed by atoms with Crippen LogP contribution in [0.5, 0.6) is 0 Å². The number of rotatable bonds is 3. The van der Waals surface area contributed by atoms with Crippen molar-refractivity contribution in [3.63, 3.8) is 0 Å². The molecule has 1 aliphatic heterocycles. The van der Waals surface area contributed by atoms with E-state index in [1.165, 1.54) is 6.39 Å². The molecule has 0 bridgehead atoms. The molecule has 7 nitrogen and oxygen atoms in total. The summed E-state index contributed by atoms with van der Waals surface area (Å²) >= 11 is 0. The van der Waals surface area contributed by atoms with Crippen LogP contribution < -0.4 is 5.32 Å². The van der Waals surface area contributed by atoms with Crippen LogP contribution in [0.15, 0.2) is 35.3 Å². The van der Waals surface area contributed by atoms with Crippen molar-refractivity contribution < 1.29 is 9.21 Å². The molecule has 2 aromatic rings. The zero-order chi connectivity index (χ0) is 15.4. The number of nitrogens with one attached hydrogen (secondary N) is 1. The normalized spacial score (nSPS) is 15.8. The van der Waals surface area contributed by atoms with Gasteiger partial charge in [-0.05, 0) is 19.1 Å². The van der Waals surface area contributed by atoms with E-state index in [4.69, 9.17) is 4.42 Å². The first kappa shape index (κ1) is 14.5. The lowest BCUT2D eigenvalue weighted by atomic mass is 10.3. The zero-order valence-electron chi connectivity index (χ0n) is 12.5. The van der Waals surface area contributed by atoms with Gasteiger partial charge in [-0.1, -0.05) is 0 Å². The Morgan fingerprint density at radius 3 is 2.82 bits per heavy atom. The molecule has 3 rings (SSSR count). The Labute approximate surface area is 129 Å². The molecule has 1 aliphatic rings. The van der Waals surface area contributed by atoms with Crippen LogP contribution in [0.4, 0.5) is 10.5 Å². The maximum atomic E-state index is 12.2. The number of oxazole rings is 1. The minimum atomic E-state index is -0.0785. The lowest BCUT2D eigenvalue weighted by Gasteiger charge is -2.34. The highest BCUT2D eigenvalue weighted by Crippen LogP contribution is 2.12. The smallest absolute Gasteiger partial charge is 0.321 e. The molecule has 0 saturated carbocycles. The van der Waals surface area contributed by atoms with Gasteiger partial charge in [0, 0.05) is 38.9 Å². The van der Waals surface area contributed by atoms with E-state index < -0.39 is 0 Å². The number of amides is 2. The number of pyridine rings is 1. The molecule has 116 valence electrons. The van der Waals surface area contributed by atoms with Gasteiger partial charge in [0.1, 0.15) is 5.76 Å². The number of anilines is 1. The summed E-state index contributed by atoms with van der Waals surface area (Å²) in [6, 6.07) is 3.55. The van der Waals surface area contributed by atoms with E-state index in [0.29, 0.717) is 18.8 Å². The maximum Gasteiger partial charge on any atom is 0.321 e. The van der Waals surface area contributed by atoms with E-state index in [0.717, 1.165) is 31.1 Å². The molecule has 1 fully saturated rings. The number of nitrogens with zero attached hydrogens (tertiary/aromatic N) is 4. The van der Waals surface area contributed by atoms with Gasteiger partial charge in [-0.3, -0.25) is 9.88 Å². The average Bonchev–Trinajstić information content (AvgIpc) is 2.94. The summed E-state index contributed by atoms with van der Waals surface area (Å²) in [7, 11) is 0. The SMILES string of the molecule is Cc1ocnc1CN1CCN(C(=O)Nc2cccnc2)CC1. The van der Waals surface area contributed by atoms with Crippen molar-refractivity contribution in [2.24, 2.45) is 0 Å². The van der Waals surface area contributed by atoms with Gasteiger partial charge in [0.25, 0.3) is 0 Å². The molecule has 3 heterocycles. The summed E-state index contributed by atoms with van der Waals surface area (Å²) in [5.41, 5.74) is 1.68. The first-order valence-electron chi connectivity index (χ1n) is 7.29. The number of carbonyl (C=O) groups excluding carboxylic acids is 1. The predicted molar refractivity (Wildman–Crippen MR) is 81.3 cm³/mol. The Kier molecular flexibility index (Phi) is 4.34. The summed E-state index contributed by atoms with van der Waals surface area (Å²) < 4.78 is 5.21. The number of carbonyl (C=O) groups is 1. The summed E-state index contributed by atoms with van der Waals surface area (Å²) in [5.74, 6) is 0.858. The van der Waals surface area contributed by atoms with Gasteiger partial charge < -0.3 is 14.6 Å². The van der Waals surface area contributed by atoms with Crippen LogP contribution in [0.2, 0.25) is 0 Å². The number of hydrogen-bond donors (Lipinski definition) is 1. The number of hydrogen-bond acceptors (Lipinski definition) is 5. The van der Waals surface area contributed by atoms with Gasteiger partial charge in [-0.2, -0.15) is 0 Å². The van der Waals surface area contributed by atoms with Crippen LogP contribution in [0, 0.1) is 6.92 Å². The van der Waals surface area contributed by atoms with Gasteiger partial charge in [-0.15, -0.1) is 0 Å². The first-order valence-corrected chi connectivity index (χ1v) is 7.29. The summed E-state index contributed by atoms with van der Waals surface area (Å²) in [6.07, 6.45) is 4.80. The topological polar surface area (TPSA) is 74.5 Å². The van der Waals surface area contributed by atoms with E-state index in [1.807, 2.05) is 17.9 Å². The van der Waals surface area contributed by atoms with Crippen molar-refractivity contribution >= 4 is 11.7 Å². The molecule has 1 saturated heterocycles. The predicted octanol–water partition coefficient (Wildman–Crippen LogP) is 1.73. The van der Waals surface area contributed by atoms with Gasteiger partial charge in [0.2, 0.25) is 0 Å². The van der Waals surface area contributed by atoms with Crippen LogP contribution in [0.1, 0.15) is 11.5 Å². The maximum absolute atomic E-state index is 12.2. The van der Waals surface area contributed by atoms with Crippen molar-refractivity contribution in [2.45, 2.75) is 13.5 Å². The fourth-order valence-electron chi connectivity index (χ4n) is 2.44. The third-order valence-corrected chi connectivity index (χ3v) is 3.79. The van der Waals surface area contributed by atoms with E-state index in [-0.39, 0.29) is 6.03 Å². The molecule has 0 spiro atoms. The molecule has 0 atom stereocenters. The molecule has 1 N–H and O–H groups in total. The summed E-state index contributed by atoms with van der Waals surface area (Å²) in [6.45, 7) is 5.73. The van der Waals surface area contributed by atoms with Gasteiger partial charge in [0.15, 0.2) is 6.39 Å². The zero-order valence-corrected chi connectivity index (χ0v) is 12.5. The molecule has 0 radical (unpaired) electrons. The van der Waals surface area contributed by atoms with Crippen LogP contribution >= 0.6 is 0 Å². The highest BCUT2D eigenvalue weighted by Gasteiger charge is 2.22. The Balaban J connectivity index is 1.49. The fourth-order valence-corrected chi connectivity index (χ4v) is 2.44. The highest BCUT2D eigenvalue weighted by atomic mass is 16.3. The number of urea groups is 1. The summed E-state index contributed by atoms with van der Waals surface area (Å²) in [4.78, 5) is 24.5. The Hall–Kier alpha value is -2.41. The van der Waals surface area contributed by atoms with Gasteiger partial charge in [-0.25, -0.2) is 9.78 Å². The number of aromatic nitrogens is 2. The lowest BCUT2D eigenvalue weighted by molar-refractivity contribution is 0.141. The van der Waals surface area contributed by atoms with E-state index >= 15 is 0 Å². The van der Waals surface area contributed by atoms with Gasteiger partial charge in [0.05, 0.1) is 17.6 Å². The molecular weight excluding hydrogens is 282 g/mol. The molecule has 22 heavy (non-hydrogen) atoms. The van der Waals surface area contributed by atoms with E-state index in [1.54, 1.807) is 18.5 Å². The second-order valence-corrected chi connectivity index (χ2v) is 5.29. The minimum Gasteiger partial charge on any atom is -0.448 e. The van der Waals surface area contributed by atoms with Crippen LogP contribution in [0.25, 0.3) is 0 Å². The third kappa shape index (κ3) is 3.43. The van der Waals surface area contributed by atoms with Crippen molar-refractivity contribution in [1.29, 1.82) is 0 Å². The minimum absolute atomic E-state index is 0.0785. The third-order valence-electron chi connectivity index (χ3n) is 3.79. The van der Waals surface area contributed by atoms with Crippen molar-refractivity contribution in [3.05, 3.63) is 42.4 Å². The fraction of sp³-hybridized carbons (Fsp3) is 0.400. The van der Waals surface area contributed by atoms with Crippen molar-refractivity contribution in [1.82, 2.24) is 19.8 Å². The monoisotopic (exact) mass is 301 g/mol. The quantitative estimate of drug-likeness (QED) is 0.934. The second-order valence-electron chi connectivity index (χ2n) is 5.29. The average molecular weight is 301 g/mol. The molecule has 2 amide bonds. The van der Waals surface area contributed by atoms with Crippen molar-refractivity contribution in [2.75, 3.05) is 31.5 Å². The molecule has 0 unspecified atom stereocenters. The Morgan fingerprint density at radius 1 is 1.36 bits per heavy atom. The van der Waals surface area contributed by atoms with Gasteiger partial charge >= 0.3 is 6.03 Å². The molecule has 0 aliphatic carbocycles. The van der Waals surface area contributed by atoms with E-state index in [2.05, 4.69) is 20.2 Å². The standard InChI is InChI=1S/C15H19N5O2/c1-12-14(17-11-22-12)10-19-5-7-20(8-6-19)15(21)18-13-3-2-4-16-9-13/h2-4,9,11H,5-8,10H2,1H3,(H,18,21). The highest BCUT2D eigenvalue weighted by molar-refractivity contribution is 5.89. The molecule has 2 aromatic heterocycles. The van der Waals surface area contributed by atoms with E-state index in [9.17, 15) is 4.79 Å². The van der Waals surface area contributed by atoms with Crippen molar-refractivity contribution in [3.8, 4) is 0 Å². The second kappa shape index (κ2) is 6.57. The molecule has 0 aromatic carbocycles. The lowest BCUT2D eigenvalue weighted by Crippen LogP contribution is -2.49. The van der Waals surface area contributed by atoms with Crippen LogP contribution in [0.3, 0.4) is 0 Å². The van der Waals surface area contributed by atoms with Crippen LogP contribution in [-0.4, -0.2) is 52.0 Å². The molecule has 7 heteroatoms. The van der Waals surface area contributed by atoms with Crippen LogP contribution in [-0.2, 0) is 6.54 Å². The largest absolute Gasteiger partial charge is 0.448 e. The summed E-state index contributed by atoms with van der Waals surface area (Å²) in [5, 5.41) is 2.86. The number of aryl methyl sites for hydroxylation is 1. The molecular formula is C15H19N5O2. The number of piperazine rings is 1. The Morgan fingerprint density at radius 2 is 2.18 bits per heavy atom.